The fourth-order valence-corrected chi connectivity index (χ4v) is 1.44. The topological polar surface area (TPSA) is 42.2 Å². The van der Waals surface area contributed by atoms with Crippen molar-refractivity contribution in [2.24, 2.45) is 0 Å². The molecule has 2 aromatic rings. The van der Waals surface area contributed by atoms with Crippen LogP contribution in [0.1, 0.15) is 0 Å². The van der Waals surface area contributed by atoms with Crippen LogP contribution < -0.4 is 10.9 Å². The zero-order valence-corrected chi connectivity index (χ0v) is 8.19. The fourth-order valence-electron chi connectivity index (χ4n) is 1.44. The summed E-state index contributed by atoms with van der Waals surface area (Å²) in [5.41, 5.74) is 1.03. The molecule has 1 N–H and O–H groups in total. The van der Waals surface area contributed by atoms with Gasteiger partial charge in [0, 0.05) is 18.0 Å². The molecule has 0 aliphatic carbocycles. The average molecular weight is 201 g/mol. The molecule has 1 aromatic carbocycles. The number of hydrogen-bond acceptors (Lipinski definition) is 3. The van der Waals surface area contributed by atoms with E-state index in [2.05, 4.69) is 11.9 Å². The van der Waals surface area contributed by atoms with Gasteiger partial charge in [-0.15, -0.1) is 6.58 Å². The first kappa shape index (κ1) is 9.52. The van der Waals surface area contributed by atoms with Gasteiger partial charge >= 0.3 is 5.63 Å². The molecule has 0 spiro atoms. The molecule has 0 bridgehead atoms. The Morgan fingerprint density at radius 3 is 3.00 bits per heavy atom. The molecule has 0 aliphatic rings. The summed E-state index contributed by atoms with van der Waals surface area (Å²) in [4.78, 5) is 11.2. The normalized spacial score (nSPS) is 10.1. The molecular weight excluding hydrogens is 190 g/mol. The standard InChI is InChI=1S/C12H11NO2/c1-2-7-13-10-8-12(14)15-11-6-4-3-5-9(10)11/h2-6,8,13H,1,7H2. The molecule has 0 amide bonds. The summed E-state index contributed by atoms with van der Waals surface area (Å²) in [7, 11) is 0. The lowest BCUT2D eigenvalue weighted by Gasteiger charge is -2.05. The Labute approximate surface area is 87.0 Å². The van der Waals surface area contributed by atoms with E-state index in [-0.39, 0.29) is 5.63 Å². The quantitative estimate of drug-likeness (QED) is 0.612. The molecule has 0 saturated heterocycles. The number of hydrogen-bond donors (Lipinski definition) is 1. The minimum atomic E-state index is -0.347. The molecular formula is C12H11NO2. The Bertz CT molecular complexity index is 543. The van der Waals surface area contributed by atoms with Crippen molar-refractivity contribution in [1.82, 2.24) is 0 Å². The third-order valence-electron chi connectivity index (χ3n) is 2.09. The van der Waals surface area contributed by atoms with Crippen molar-refractivity contribution in [3.05, 3.63) is 53.4 Å². The highest BCUT2D eigenvalue weighted by atomic mass is 16.4. The number of rotatable bonds is 3. The summed E-state index contributed by atoms with van der Waals surface area (Å²) in [5, 5.41) is 4.00. The number of para-hydroxylation sites is 1. The second-order valence-electron chi connectivity index (χ2n) is 3.14. The fraction of sp³-hybridized carbons (Fsp3) is 0.0833. The van der Waals surface area contributed by atoms with Gasteiger partial charge in [0.05, 0.1) is 5.69 Å². The van der Waals surface area contributed by atoms with Gasteiger partial charge in [0.1, 0.15) is 5.58 Å². The van der Waals surface area contributed by atoms with Gasteiger partial charge in [-0.25, -0.2) is 4.79 Å². The maximum atomic E-state index is 11.2. The molecule has 0 aliphatic heterocycles. The summed E-state index contributed by atoms with van der Waals surface area (Å²) in [6.45, 7) is 4.23. The van der Waals surface area contributed by atoms with Gasteiger partial charge in [-0.1, -0.05) is 18.2 Å². The first-order valence-corrected chi connectivity index (χ1v) is 4.69. The molecule has 1 aromatic heterocycles. The SMILES string of the molecule is C=CCNc1cc(=O)oc2ccccc12. The van der Waals surface area contributed by atoms with Crippen LogP contribution in [0.2, 0.25) is 0 Å². The molecule has 76 valence electrons. The molecule has 15 heavy (non-hydrogen) atoms. The number of anilines is 1. The van der Waals surface area contributed by atoms with Crippen molar-refractivity contribution in [2.45, 2.75) is 0 Å². The maximum absolute atomic E-state index is 11.2. The smallest absolute Gasteiger partial charge is 0.338 e. The van der Waals surface area contributed by atoms with Gasteiger partial charge in [-0.3, -0.25) is 0 Å². The van der Waals surface area contributed by atoms with Crippen molar-refractivity contribution in [2.75, 3.05) is 11.9 Å². The Balaban J connectivity index is 2.60. The summed E-state index contributed by atoms with van der Waals surface area (Å²) in [5.74, 6) is 0. The molecule has 0 fully saturated rings. The van der Waals surface area contributed by atoms with Gasteiger partial charge in [-0.2, -0.15) is 0 Å². The second-order valence-corrected chi connectivity index (χ2v) is 3.14. The van der Waals surface area contributed by atoms with E-state index in [0.717, 1.165) is 11.1 Å². The van der Waals surface area contributed by atoms with E-state index in [1.54, 1.807) is 12.1 Å². The van der Waals surface area contributed by atoms with Crippen molar-refractivity contribution in [3.8, 4) is 0 Å². The highest BCUT2D eigenvalue weighted by Crippen LogP contribution is 2.20. The highest BCUT2D eigenvalue weighted by molar-refractivity contribution is 5.89. The van der Waals surface area contributed by atoms with Crippen molar-refractivity contribution >= 4 is 16.7 Å². The van der Waals surface area contributed by atoms with Crippen LogP contribution >= 0.6 is 0 Å². The molecule has 0 atom stereocenters. The van der Waals surface area contributed by atoms with E-state index in [0.29, 0.717) is 12.1 Å². The summed E-state index contributed by atoms with van der Waals surface area (Å²) in [6.07, 6.45) is 1.74. The highest BCUT2D eigenvalue weighted by Gasteiger charge is 2.02. The lowest BCUT2D eigenvalue weighted by atomic mass is 10.2. The molecule has 0 unspecified atom stereocenters. The zero-order valence-electron chi connectivity index (χ0n) is 8.19. The monoisotopic (exact) mass is 201 g/mol. The maximum Gasteiger partial charge on any atom is 0.338 e. The van der Waals surface area contributed by atoms with Gasteiger partial charge in [0.2, 0.25) is 0 Å². The predicted octanol–water partition coefficient (Wildman–Crippen LogP) is 2.39. The first-order chi connectivity index (χ1) is 7.31. The van der Waals surface area contributed by atoms with Crippen LogP contribution in [0.5, 0.6) is 0 Å². The Kier molecular flexibility index (Phi) is 2.54. The van der Waals surface area contributed by atoms with Crippen LogP contribution in [-0.4, -0.2) is 6.54 Å². The van der Waals surface area contributed by atoms with Crippen LogP contribution in [0.15, 0.2) is 52.2 Å². The minimum absolute atomic E-state index is 0.347. The van der Waals surface area contributed by atoms with Crippen molar-refractivity contribution < 1.29 is 4.42 Å². The van der Waals surface area contributed by atoms with Crippen LogP contribution in [0, 0.1) is 0 Å². The van der Waals surface area contributed by atoms with Crippen LogP contribution in [0.3, 0.4) is 0 Å². The average Bonchev–Trinajstić information content (AvgIpc) is 2.25. The van der Waals surface area contributed by atoms with Gasteiger partial charge in [0.15, 0.2) is 0 Å². The summed E-state index contributed by atoms with van der Waals surface area (Å²) >= 11 is 0. The van der Waals surface area contributed by atoms with E-state index < -0.39 is 0 Å². The predicted molar refractivity (Wildman–Crippen MR) is 61.2 cm³/mol. The van der Waals surface area contributed by atoms with Crippen LogP contribution in [0.25, 0.3) is 11.0 Å². The van der Waals surface area contributed by atoms with E-state index >= 15 is 0 Å². The number of fused-ring (bicyclic) bond motifs is 1. The summed E-state index contributed by atoms with van der Waals surface area (Å²) < 4.78 is 5.06. The largest absolute Gasteiger partial charge is 0.423 e. The van der Waals surface area contributed by atoms with E-state index in [4.69, 9.17) is 4.42 Å². The van der Waals surface area contributed by atoms with Crippen molar-refractivity contribution in [3.63, 3.8) is 0 Å². The molecule has 1 heterocycles. The van der Waals surface area contributed by atoms with Crippen LogP contribution in [-0.2, 0) is 0 Å². The molecule has 0 saturated carbocycles. The van der Waals surface area contributed by atoms with Gasteiger partial charge in [-0.05, 0) is 12.1 Å². The van der Waals surface area contributed by atoms with E-state index in [9.17, 15) is 4.79 Å². The molecule has 0 radical (unpaired) electrons. The molecule has 2 rings (SSSR count). The summed E-state index contributed by atoms with van der Waals surface area (Å²) in [6, 6.07) is 8.87. The molecule has 3 nitrogen and oxygen atoms in total. The third kappa shape index (κ3) is 1.91. The first-order valence-electron chi connectivity index (χ1n) is 4.69. The Hall–Kier alpha value is -2.03. The zero-order chi connectivity index (χ0) is 10.7. The lowest BCUT2D eigenvalue weighted by molar-refractivity contribution is 0.561. The van der Waals surface area contributed by atoms with Crippen LogP contribution in [0.4, 0.5) is 5.69 Å². The number of nitrogens with one attached hydrogen (secondary N) is 1. The second kappa shape index (κ2) is 4.00. The van der Waals surface area contributed by atoms with E-state index in [1.165, 1.54) is 6.07 Å². The molecule has 3 heteroatoms. The Morgan fingerprint density at radius 2 is 2.20 bits per heavy atom. The van der Waals surface area contributed by atoms with Crippen molar-refractivity contribution in [1.29, 1.82) is 0 Å². The van der Waals surface area contributed by atoms with Gasteiger partial charge in [0.25, 0.3) is 0 Å². The minimum Gasteiger partial charge on any atom is -0.423 e. The Morgan fingerprint density at radius 1 is 1.40 bits per heavy atom. The van der Waals surface area contributed by atoms with E-state index in [1.807, 2.05) is 18.2 Å². The van der Waals surface area contributed by atoms with Gasteiger partial charge < -0.3 is 9.73 Å². The third-order valence-corrected chi connectivity index (χ3v) is 2.09. The lowest BCUT2D eigenvalue weighted by Crippen LogP contribution is -2.04. The number of benzene rings is 1.